The van der Waals surface area contributed by atoms with Crippen molar-refractivity contribution in [2.75, 3.05) is 13.1 Å². The number of hydrogen-bond donors (Lipinski definition) is 1. The Bertz CT molecular complexity index is 566. The molecule has 0 bridgehead atoms. The number of nitrogens with zero attached hydrogens (tertiary/aromatic N) is 1. The molecule has 0 aromatic heterocycles. The molecule has 3 nitrogen and oxygen atoms in total. The lowest BCUT2D eigenvalue weighted by molar-refractivity contribution is 0.0747. The van der Waals surface area contributed by atoms with Crippen LogP contribution >= 0.6 is 11.6 Å². The van der Waals surface area contributed by atoms with Crippen molar-refractivity contribution in [2.45, 2.75) is 18.9 Å². The van der Waals surface area contributed by atoms with Crippen LogP contribution in [0.4, 0.5) is 8.78 Å². The first-order valence-corrected chi connectivity index (χ1v) is 6.97. The minimum atomic E-state index is -0.820. The summed E-state index contributed by atoms with van der Waals surface area (Å²) >= 11 is 5.47. The topological polar surface area (TPSA) is 40.5 Å². The SMILES string of the molecule is O=C(c1cc(F)c(Cl)cc1F)N1CC2CCC(O)C2C1. The van der Waals surface area contributed by atoms with Gasteiger partial charge in [-0.1, -0.05) is 11.6 Å². The fourth-order valence-corrected chi connectivity index (χ4v) is 3.41. The monoisotopic (exact) mass is 301 g/mol. The first-order chi connectivity index (χ1) is 9.47. The molecule has 1 aromatic rings. The van der Waals surface area contributed by atoms with Crippen LogP contribution in [-0.4, -0.2) is 35.1 Å². The number of amides is 1. The molecule has 1 aliphatic carbocycles. The van der Waals surface area contributed by atoms with Crippen molar-refractivity contribution in [1.82, 2.24) is 4.90 Å². The molecule has 108 valence electrons. The van der Waals surface area contributed by atoms with Gasteiger partial charge in [0.2, 0.25) is 0 Å². The van der Waals surface area contributed by atoms with Crippen LogP contribution in [-0.2, 0) is 0 Å². The molecule has 3 rings (SSSR count). The number of aliphatic hydroxyl groups is 1. The molecule has 1 heterocycles. The van der Waals surface area contributed by atoms with Gasteiger partial charge < -0.3 is 10.0 Å². The van der Waals surface area contributed by atoms with Crippen LogP contribution in [0.2, 0.25) is 5.02 Å². The molecule has 6 heteroatoms. The average molecular weight is 302 g/mol. The minimum absolute atomic E-state index is 0.0548. The highest BCUT2D eigenvalue weighted by Gasteiger charge is 2.43. The summed E-state index contributed by atoms with van der Waals surface area (Å²) in [4.78, 5) is 13.8. The quantitative estimate of drug-likeness (QED) is 0.810. The van der Waals surface area contributed by atoms with E-state index < -0.39 is 23.6 Å². The molecule has 1 aliphatic heterocycles. The molecule has 1 saturated carbocycles. The van der Waals surface area contributed by atoms with Crippen molar-refractivity contribution < 1.29 is 18.7 Å². The minimum Gasteiger partial charge on any atom is -0.393 e. The lowest BCUT2D eigenvalue weighted by Crippen LogP contribution is -2.31. The number of carbonyl (C=O) groups is 1. The van der Waals surface area contributed by atoms with Crippen LogP contribution in [0.25, 0.3) is 0 Å². The van der Waals surface area contributed by atoms with E-state index in [2.05, 4.69) is 0 Å². The van der Waals surface area contributed by atoms with Crippen molar-refractivity contribution >= 4 is 17.5 Å². The normalized spacial score (nSPS) is 28.8. The first kappa shape index (κ1) is 13.8. The smallest absolute Gasteiger partial charge is 0.256 e. The highest BCUT2D eigenvalue weighted by molar-refractivity contribution is 6.30. The maximum Gasteiger partial charge on any atom is 0.256 e. The zero-order valence-electron chi connectivity index (χ0n) is 10.7. The van der Waals surface area contributed by atoms with E-state index in [0.29, 0.717) is 13.1 Å². The van der Waals surface area contributed by atoms with Gasteiger partial charge in [0.05, 0.1) is 16.7 Å². The third-order valence-electron chi connectivity index (χ3n) is 4.35. The molecule has 20 heavy (non-hydrogen) atoms. The number of likely N-dealkylation sites (tertiary alicyclic amines) is 1. The Morgan fingerprint density at radius 3 is 2.70 bits per heavy atom. The summed E-state index contributed by atoms with van der Waals surface area (Å²) in [5, 5.41) is 9.48. The van der Waals surface area contributed by atoms with Gasteiger partial charge in [-0.15, -0.1) is 0 Å². The number of halogens is 3. The van der Waals surface area contributed by atoms with Gasteiger partial charge >= 0.3 is 0 Å². The molecule has 1 aromatic carbocycles. The Labute approximate surface area is 120 Å². The highest BCUT2D eigenvalue weighted by atomic mass is 35.5. The van der Waals surface area contributed by atoms with E-state index in [-0.39, 0.29) is 22.4 Å². The summed E-state index contributed by atoms with van der Waals surface area (Å²) in [6.45, 7) is 0.887. The number of carbonyl (C=O) groups excluding carboxylic acids is 1. The number of hydrogen-bond acceptors (Lipinski definition) is 2. The Balaban J connectivity index is 1.82. The zero-order valence-corrected chi connectivity index (χ0v) is 11.4. The van der Waals surface area contributed by atoms with Crippen LogP contribution in [0.5, 0.6) is 0 Å². The van der Waals surface area contributed by atoms with Gasteiger partial charge in [0, 0.05) is 19.0 Å². The molecular weight excluding hydrogens is 288 g/mol. The number of rotatable bonds is 1. The molecule has 1 saturated heterocycles. The van der Waals surface area contributed by atoms with Gasteiger partial charge in [-0.05, 0) is 30.9 Å². The second-order valence-electron chi connectivity index (χ2n) is 5.52. The molecule has 0 radical (unpaired) electrons. The first-order valence-electron chi connectivity index (χ1n) is 6.59. The summed E-state index contributed by atoms with van der Waals surface area (Å²) in [5.41, 5.74) is -0.304. The fraction of sp³-hybridized carbons (Fsp3) is 0.500. The van der Waals surface area contributed by atoms with Gasteiger partial charge in [-0.25, -0.2) is 8.78 Å². The van der Waals surface area contributed by atoms with E-state index in [1.54, 1.807) is 0 Å². The van der Waals surface area contributed by atoms with E-state index in [0.717, 1.165) is 25.0 Å². The van der Waals surface area contributed by atoms with Crippen LogP contribution < -0.4 is 0 Å². The third-order valence-corrected chi connectivity index (χ3v) is 4.64. The fourth-order valence-electron chi connectivity index (χ4n) is 3.26. The molecule has 1 N–H and O–H groups in total. The third kappa shape index (κ3) is 2.19. The number of fused-ring (bicyclic) bond motifs is 1. The van der Waals surface area contributed by atoms with E-state index >= 15 is 0 Å². The van der Waals surface area contributed by atoms with Crippen LogP contribution in [0.15, 0.2) is 12.1 Å². The molecule has 3 atom stereocenters. The van der Waals surface area contributed by atoms with Crippen LogP contribution in [0.3, 0.4) is 0 Å². The van der Waals surface area contributed by atoms with E-state index in [1.807, 2.05) is 0 Å². The van der Waals surface area contributed by atoms with E-state index in [4.69, 9.17) is 11.6 Å². The predicted octanol–water partition coefficient (Wildman–Crippen LogP) is 2.46. The van der Waals surface area contributed by atoms with Gasteiger partial charge in [0.1, 0.15) is 11.6 Å². The Kier molecular flexibility index (Phi) is 3.42. The van der Waals surface area contributed by atoms with Gasteiger partial charge in [-0.3, -0.25) is 4.79 Å². The molecular formula is C14H14ClF2NO2. The molecule has 1 amide bonds. The second-order valence-corrected chi connectivity index (χ2v) is 5.93. The maximum atomic E-state index is 13.8. The predicted molar refractivity (Wildman–Crippen MR) is 69.5 cm³/mol. The molecule has 0 spiro atoms. The Morgan fingerprint density at radius 2 is 2.00 bits per heavy atom. The van der Waals surface area contributed by atoms with Crippen molar-refractivity contribution in [1.29, 1.82) is 0 Å². The molecule has 2 fully saturated rings. The van der Waals surface area contributed by atoms with Gasteiger partial charge in [0.25, 0.3) is 5.91 Å². The maximum absolute atomic E-state index is 13.8. The zero-order chi connectivity index (χ0) is 14.4. The average Bonchev–Trinajstić information content (AvgIpc) is 2.96. The molecule has 2 aliphatic rings. The highest BCUT2D eigenvalue weighted by Crippen LogP contribution is 2.38. The Morgan fingerprint density at radius 1 is 1.25 bits per heavy atom. The summed E-state index contributed by atoms with van der Waals surface area (Å²) in [6, 6.07) is 1.65. The second kappa shape index (κ2) is 4.97. The summed E-state index contributed by atoms with van der Waals surface area (Å²) < 4.78 is 27.1. The van der Waals surface area contributed by atoms with Crippen molar-refractivity contribution in [2.24, 2.45) is 11.8 Å². The summed E-state index contributed by atoms with van der Waals surface area (Å²) in [7, 11) is 0. The number of benzene rings is 1. The van der Waals surface area contributed by atoms with Gasteiger partial charge in [0.15, 0.2) is 0 Å². The Hall–Kier alpha value is -1.20. The standard InChI is InChI=1S/C14H14ClF2NO2/c15-10-4-11(16)8(3-12(10)17)14(20)18-5-7-1-2-13(19)9(7)6-18/h3-4,7,9,13,19H,1-2,5-6H2. The van der Waals surface area contributed by atoms with E-state index in [9.17, 15) is 18.7 Å². The summed E-state index contributed by atoms with van der Waals surface area (Å²) in [6.07, 6.45) is 1.22. The van der Waals surface area contributed by atoms with Gasteiger partial charge in [-0.2, -0.15) is 0 Å². The largest absolute Gasteiger partial charge is 0.393 e. The van der Waals surface area contributed by atoms with Crippen LogP contribution in [0, 0.1) is 23.5 Å². The summed E-state index contributed by atoms with van der Waals surface area (Å²) in [5.74, 6) is -1.86. The van der Waals surface area contributed by atoms with Crippen molar-refractivity contribution in [3.63, 3.8) is 0 Å². The number of aliphatic hydroxyl groups excluding tert-OH is 1. The van der Waals surface area contributed by atoms with Crippen molar-refractivity contribution in [3.8, 4) is 0 Å². The van der Waals surface area contributed by atoms with Crippen LogP contribution in [0.1, 0.15) is 23.2 Å². The molecule has 3 unspecified atom stereocenters. The lowest BCUT2D eigenvalue weighted by Gasteiger charge is -2.19. The van der Waals surface area contributed by atoms with E-state index in [1.165, 1.54) is 4.90 Å². The van der Waals surface area contributed by atoms with Crippen molar-refractivity contribution in [3.05, 3.63) is 34.4 Å². The lowest BCUT2D eigenvalue weighted by atomic mass is 10.00.